The van der Waals surface area contributed by atoms with Crippen molar-refractivity contribution < 1.29 is 16.8 Å². The lowest BCUT2D eigenvalue weighted by atomic mass is 10.0. The van der Waals surface area contributed by atoms with Crippen LogP contribution in [0.1, 0.15) is 19.3 Å². The Bertz CT molecular complexity index is 538. The summed E-state index contributed by atoms with van der Waals surface area (Å²) in [5, 5.41) is -0.794. The highest BCUT2D eigenvalue weighted by molar-refractivity contribution is 8.06. The molecule has 2 N–H and O–H groups in total. The number of piperidine rings is 1. The van der Waals surface area contributed by atoms with Crippen LogP contribution < -0.4 is 5.73 Å². The van der Waals surface area contributed by atoms with Crippen LogP contribution in [0.4, 0.5) is 0 Å². The topological polar surface area (TPSA) is 101 Å². The van der Waals surface area contributed by atoms with Crippen molar-refractivity contribution in [3.05, 3.63) is 0 Å². The second-order valence-electron chi connectivity index (χ2n) is 5.83. The van der Waals surface area contributed by atoms with Crippen LogP contribution in [0, 0.1) is 0 Å². The first-order valence-electron chi connectivity index (χ1n) is 6.82. The Morgan fingerprint density at radius 2 is 1.65 bits per heavy atom. The molecular weight excluding hydrogens is 302 g/mol. The molecule has 2 saturated heterocycles. The molecule has 2 fully saturated rings. The van der Waals surface area contributed by atoms with E-state index in [0.29, 0.717) is 13.1 Å². The van der Waals surface area contributed by atoms with Gasteiger partial charge in [-0.1, -0.05) is 0 Å². The van der Waals surface area contributed by atoms with Gasteiger partial charge in [0.05, 0.1) is 0 Å². The summed E-state index contributed by atoms with van der Waals surface area (Å²) < 4.78 is 47.8. The number of likely N-dealkylation sites (tertiary alicyclic amines) is 1. The third kappa shape index (κ3) is 4.14. The molecule has 0 aromatic rings. The van der Waals surface area contributed by atoms with Gasteiger partial charge in [0.1, 0.15) is 0 Å². The molecule has 2 aliphatic rings. The van der Waals surface area contributed by atoms with E-state index in [1.165, 1.54) is 4.31 Å². The lowest BCUT2D eigenvalue weighted by Crippen LogP contribution is -2.46. The van der Waals surface area contributed by atoms with Gasteiger partial charge in [0.2, 0.25) is 10.0 Å². The van der Waals surface area contributed by atoms with Crippen molar-refractivity contribution in [2.45, 2.75) is 31.3 Å². The first kappa shape index (κ1) is 16.2. The molecule has 2 heterocycles. The van der Waals surface area contributed by atoms with Crippen molar-refractivity contribution in [1.82, 2.24) is 9.21 Å². The maximum absolute atomic E-state index is 12.0. The normalized spacial score (nSPS) is 28.0. The van der Waals surface area contributed by atoms with Gasteiger partial charge in [-0.15, -0.1) is 0 Å². The molecule has 7 nitrogen and oxygen atoms in total. The van der Waals surface area contributed by atoms with Gasteiger partial charge in [0, 0.05) is 31.4 Å². The molecule has 20 heavy (non-hydrogen) atoms. The highest BCUT2D eigenvalue weighted by Gasteiger charge is 2.36. The quantitative estimate of drug-likeness (QED) is 0.698. The molecule has 2 rings (SSSR count). The van der Waals surface area contributed by atoms with Gasteiger partial charge in [-0.2, -0.15) is 4.31 Å². The first-order chi connectivity index (χ1) is 9.17. The monoisotopic (exact) mass is 325 g/mol. The molecule has 0 radical (unpaired) electrons. The van der Waals surface area contributed by atoms with Crippen LogP contribution >= 0.6 is 0 Å². The fraction of sp³-hybridized carbons (Fsp3) is 1.00. The second-order valence-corrected chi connectivity index (χ2v) is 10.3. The zero-order valence-electron chi connectivity index (χ0n) is 11.7. The van der Waals surface area contributed by atoms with Crippen LogP contribution in [-0.4, -0.2) is 75.6 Å². The summed E-state index contributed by atoms with van der Waals surface area (Å²) in [7, 11) is -7.23. The number of rotatable bonds is 4. The SMILES string of the molecule is CS(=O)(=O)CS(=O)(=O)N1CCC(N2CCC(N)CC2)C1. The largest absolute Gasteiger partial charge is 0.328 e. The summed E-state index contributed by atoms with van der Waals surface area (Å²) in [6.45, 7) is 2.59. The zero-order chi connectivity index (χ0) is 15.0. The van der Waals surface area contributed by atoms with Gasteiger partial charge < -0.3 is 5.73 Å². The molecule has 0 saturated carbocycles. The fourth-order valence-electron chi connectivity index (χ4n) is 2.89. The van der Waals surface area contributed by atoms with Crippen LogP contribution in [0.3, 0.4) is 0 Å². The number of hydrogen-bond donors (Lipinski definition) is 1. The van der Waals surface area contributed by atoms with Crippen LogP contribution in [0.2, 0.25) is 0 Å². The highest BCUT2D eigenvalue weighted by Crippen LogP contribution is 2.22. The standard InChI is InChI=1S/C11H23N3O4S2/c1-19(15,16)9-20(17,18)14-7-4-11(8-14)13-5-2-10(12)3-6-13/h10-11H,2-9,12H2,1H3. The third-order valence-corrected chi connectivity index (χ3v) is 8.00. The Labute approximate surface area is 121 Å². The lowest BCUT2D eigenvalue weighted by Gasteiger charge is -2.34. The van der Waals surface area contributed by atoms with Crippen molar-refractivity contribution in [3.8, 4) is 0 Å². The molecule has 1 unspecified atom stereocenters. The zero-order valence-corrected chi connectivity index (χ0v) is 13.4. The van der Waals surface area contributed by atoms with E-state index in [1.54, 1.807) is 0 Å². The van der Waals surface area contributed by atoms with Crippen LogP contribution in [0.5, 0.6) is 0 Å². The Morgan fingerprint density at radius 1 is 1.05 bits per heavy atom. The van der Waals surface area contributed by atoms with Gasteiger partial charge in [0.25, 0.3) is 0 Å². The van der Waals surface area contributed by atoms with E-state index in [9.17, 15) is 16.8 Å². The summed E-state index contributed by atoms with van der Waals surface area (Å²) in [5.74, 6) is 0. The molecule has 118 valence electrons. The Hall–Kier alpha value is -0.220. The maximum Gasteiger partial charge on any atom is 0.228 e. The average Bonchev–Trinajstić information content (AvgIpc) is 2.76. The summed E-state index contributed by atoms with van der Waals surface area (Å²) in [6.07, 6.45) is 3.58. The number of sulfone groups is 1. The van der Waals surface area contributed by atoms with E-state index >= 15 is 0 Å². The summed E-state index contributed by atoms with van der Waals surface area (Å²) in [6, 6.07) is 0.439. The molecule has 0 bridgehead atoms. The third-order valence-electron chi connectivity index (χ3n) is 3.97. The van der Waals surface area contributed by atoms with Crippen molar-refractivity contribution in [2.24, 2.45) is 5.73 Å². The van der Waals surface area contributed by atoms with Crippen LogP contribution in [-0.2, 0) is 19.9 Å². The highest BCUT2D eigenvalue weighted by atomic mass is 32.3. The molecule has 0 aliphatic carbocycles. The Kier molecular flexibility index (Phi) is 4.75. The van der Waals surface area contributed by atoms with Crippen molar-refractivity contribution in [2.75, 3.05) is 37.5 Å². The number of nitrogens with two attached hydrogens (primary N) is 1. The van der Waals surface area contributed by atoms with Gasteiger partial charge >= 0.3 is 0 Å². The minimum Gasteiger partial charge on any atom is -0.328 e. The van der Waals surface area contributed by atoms with E-state index in [-0.39, 0.29) is 12.1 Å². The van der Waals surface area contributed by atoms with Crippen LogP contribution in [0.15, 0.2) is 0 Å². The molecule has 1 atom stereocenters. The second kappa shape index (κ2) is 5.88. The van der Waals surface area contributed by atoms with E-state index < -0.39 is 24.9 Å². The van der Waals surface area contributed by atoms with E-state index in [0.717, 1.165) is 38.6 Å². The lowest BCUT2D eigenvalue weighted by molar-refractivity contribution is 0.159. The summed E-state index contributed by atoms with van der Waals surface area (Å²) >= 11 is 0. The van der Waals surface area contributed by atoms with Gasteiger partial charge in [-0.25, -0.2) is 16.8 Å². The minimum atomic E-state index is -3.71. The van der Waals surface area contributed by atoms with E-state index in [4.69, 9.17) is 5.73 Å². The number of hydrogen-bond acceptors (Lipinski definition) is 6. The van der Waals surface area contributed by atoms with Gasteiger partial charge in [0.15, 0.2) is 14.9 Å². The van der Waals surface area contributed by atoms with Crippen LogP contribution in [0.25, 0.3) is 0 Å². The van der Waals surface area contributed by atoms with Crippen molar-refractivity contribution >= 4 is 19.9 Å². The predicted molar refractivity (Wildman–Crippen MR) is 77.4 cm³/mol. The van der Waals surface area contributed by atoms with Gasteiger partial charge in [-0.05, 0) is 32.4 Å². The van der Waals surface area contributed by atoms with Crippen molar-refractivity contribution in [3.63, 3.8) is 0 Å². The van der Waals surface area contributed by atoms with Gasteiger partial charge in [-0.3, -0.25) is 4.90 Å². The molecule has 0 aromatic heterocycles. The molecule has 0 spiro atoms. The average molecular weight is 325 g/mol. The van der Waals surface area contributed by atoms with Crippen molar-refractivity contribution in [1.29, 1.82) is 0 Å². The molecular formula is C11H23N3O4S2. The molecule has 2 aliphatic heterocycles. The maximum atomic E-state index is 12.0. The number of nitrogens with zero attached hydrogens (tertiary/aromatic N) is 2. The smallest absolute Gasteiger partial charge is 0.228 e. The molecule has 0 amide bonds. The van der Waals surface area contributed by atoms with E-state index in [2.05, 4.69) is 4.90 Å². The Balaban J connectivity index is 1.95. The molecule has 0 aromatic carbocycles. The predicted octanol–water partition coefficient (Wildman–Crippen LogP) is -1.18. The fourth-order valence-corrected chi connectivity index (χ4v) is 6.43. The molecule has 9 heteroatoms. The first-order valence-corrected chi connectivity index (χ1v) is 10.5. The summed E-state index contributed by atoms with van der Waals surface area (Å²) in [5.41, 5.74) is 5.86. The number of sulfonamides is 1. The summed E-state index contributed by atoms with van der Waals surface area (Å²) in [4.78, 5) is 2.28. The van der Waals surface area contributed by atoms with E-state index in [1.807, 2.05) is 0 Å². The minimum absolute atomic E-state index is 0.192. The Morgan fingerprint density at radius 3 is 2.20 bits per heavy atom.